The molecule has 7 rings (SSSR count). The maximum atomic E-state index is 4.08. The van der Waals surface area contributed by atoms with E-state index in [1.807, 2.05) is 90.7 Å². The zero-order chi connectivity index (χ0) is 41.2. The van der Waals surface area contributed by atoms with Gasteiger partial charge < -0.3 is 0 Å². The normalized spacial score (nSPS) is 8.95. The summed E-state index contributed by atoms with van der Waals surface area (Å²) < 4.78 is 0. The molecule has 8 heteroatoms. The van der Waals surface area contributed by atoms with Crippen molar-refractivity contribution in [3.05, 3.63) is 194 Å². The molecule has 0 unspecified atom stereocenters. The summed E-state index contributed by atoms with van der Waals surface area (Å²) in [6, 6.07) is 20.5. The van der Waals surface area contributed by atoms with E-state index in [0.717, 1.165) is 34.0 Å². The van der Waals surface area contributed by atoms with E-state index in [1.165, 1.54) is 43.8 Å². The van der Waals surface area contributed by atoms with Crippen LogP contribution in [0.5, 0.6) is 0 Å². The van der Waals surface area contributed by atoms with Gasteiger partial charge in [-0.25, -0.2) is 9.97 Å². The molecule has 0 spiro atoms. The molecule has 0 saturated heterocycles. The first-order valence-electron chi connectivity index (χ1n) is 18.3. The highest BCUT2D eigenvalue weighted by Gasteiger charge is 1.90. The largest absolute Gasteiger partial charge is 0.264 e. The van der Waals surface area contributed by atoms with Crippen LogP contribution in [-0.2, 0) is 0 Å². The van der Waals surface area contributed by atoms with E-state index in [-0.39, 0.29) is 14.9 Å². The Kier molecular flexibility index (Phi) is 28.9. The molecule has 306 valence electrons. The summed E-state index contributed by atoms with van der Waals surface area (Å²) in [5, 5.41) is 2.12. The van der Waals surface area contributed by atoms with Gasteiger partial charge in [0.1, 0.15) is 6.33 Å². The average Bonchev–Trinajstić information content (AvgIpc) is 3.55. The number of thiophene rings is 1. The second-order valence-corrected chi connectivity index (χ2v) is 14.2. The molecule has 0 N–H and O–H groups in total. The first-order chi connectivity index (χ1) is 26.1. The van der Waals surface area contributed by atoms with Crippen LogP contribution in [0.15, 0.2) is 116 Å². The lowest BCUT2D eigenvalue weighted by Gasteiger charge is -1.93. The molecular weight excluding hydrogens is 719 g/mol. The zero-order valence-electron chi connectivity index (χ0n) is 35.5. The molecule has 1 aromatic carbocycles. The summed E-state index contributed by atoms with van der Waals surface area (Å²) in [6.07, 6.45) is 14.1. The molecule has 0 saturated carbocycles. The fourth-order valence-corrected chi connectivity index (χ4v) is 4.45. The van der Waals surface area contributed by atoms with Crippen molar-refractivity contribution in [3.63, 3.8) is 0 Å². The van der Waals surface area contributed by atoms with Crippen LogP contribution in [0.25, 0.3) is 0 Å². The monoisotopic (exact) mass is 788 g/mol. The number of aryl methyl sites for hydroxylation is 14. The lowest BCUT2D eigenvalue weighted by molar-refractivity contribution is 1.05. The maximum absolute atomic E-state index is 4.08. The Morgan fingerprint density at radius 3 is 1.00 bits per heavy atom. The zero-order valence-corrected chi connectivity index (χ0v) is 36.3. The fourth-order valence-electron chi connectivity index (χ4n) is 3.72. The molecule has 0 aliphatic heterocycles. The van der Waals surface area contributed by atoms with E-state index in [9.17, 15) is 0 Å². The second-order valence-electron chi connectivity index (χ2n) is 13.0. The van der Waals surface area contributed by atoms with Gasteiger partial charge in [0, 0.05) is 65.3 Å². The topological polar surface area (TPSA) is 90.2 Å². The van der Waals surface area contributed by atoms with Gasteiger partial charge in [-0.2, -0.15) is 0 Å². The predicted octanol–water partition coefficient (Wildman–Crippen LogP) is 13.2. The molecule has 0 fully saturated rings. The van der Waals surface area contributed by atoms with Crippen molar-refractivity contribution < 1.29 is 0 Å². The van der Waals surface area contributed by atoms with Crippen LogP contribution in [-0.4, -0.2) is 34.9 Å². The molecule has 7 nitrogen and oxygen atoms in total. The van der Waals surface area contributed by atoms with Gasteiger partial charge in [-0.1, -0.05) is 51.3 Å². The SMILES string of the molecule is C.C.Cc1ccccc1C.Cc1cccnc1C.Cc1cccnc1C.Cc1ccncc1C.Cc1ccsc1C.Cc1cncnc1C.Cc1nccnc1C. The summed E-state index contributed by atoms with van der Waals surface area (Å²) in [5.41, 5.74) is 15.7. The van der Waals surface area contributed by atoms with Crippen molar-refractivity contribution >= 4 is 11.3 Å². The van der Waals surface area contributed by atoms with Crippen molar-refractivity contribution in [3.8, 4) is 0 Å². The Bertz CT molecular complexity index is 1610. The summed E-state index contributed by atoms with van der Waals surface area (Å²) in [7, 11) is 0. The molecule has 0 amide bonds. The van der Waals surface area contributed by atoms with Crippen molar-refractivity contribution in [2.24, 2.45) is 0 Å². The standard InChI is InChI=1S/C8H10.3C7H9N.2C6H8N2.C6H8S.2CH4/c1-7-5-3-4-6-8(7)2;1-6-3-4-8-5-7(6)2;2*1-6-4-3-5-8-7(6)2;1-5-3-7-4-8-6(5)2;1-5-6(2)8-4-3-7-5;1-5-3-4-7-6(5)2;;/h3-6H,1-2H3;3*3-5H,1-2H3;2*3-4H,1-2H3;3-4H,1-2H3;2*1H4. The molecule has 0 atom stereocenters. The molecule has 6 heterocycles. The minimum atomic E-state index is 0. The fraction of sp³-hybridized carbons (Fsp3) is 0.327. The quantitative estimate of drug-likeness (QED) is 0.151. The van der Waals surface area contributed by atoms with Crippen LogP contribution in [0.3, 0.4) is 0 Å². The molecular formula is C49H69N7S. The van der Waals surface area contributed by atoms with E-state index in [4.69, 9.17) is 0 Å². The first kappa shape index (κ1) is 53.6. The van der Waals surface area contributed by atoms with Crippen LogP contribution < -0.4 is 0 Å². The van der Waals surface area contributed by atoms with Crippen LogP contribution in [0.2, 0.25) is 0 Å². The van der Waals surface area contributed by atoms with Gasteiger partial charge in [0.15, 0.2) is 0 Å². The van der Waals surface area contributed by atoms with Gasteiger partial charge in [-0.15, -0.1) is 11.3 Å². The summed E-state index contributed by atoms with van der Waals surface area (Å²) in [6.45, 7) is 28.6. The Morgan fingerprint density at radius 1 is 0.333 bits per heavy atom. The van der Waals surface area contributed by atoms with E-state index < -0.39 is 0 Å². The highest BCUT2D eigenvalue weighted by atomic mass is 32.1. The third kappa shape index (κ3) is 23.9. The molecule has 57 heavy (non-hydrogen) atoms. The average molecular weight is 788 g/mol. The lowest BCUT2D eigenvalue weighted by atomic mass is 10.1. The number of nitrogens with zero attached hydrogens (tertiary/aromatic N) is 7. The molecule has 0 aliphatic carbocycles. The van der Waals surface area contributed by atoms with Gasteiger partial charge in [0.2, 0.25) is 0 Å². The summed E-state index contributed by atoms with van der Waals surface area (Å²) in [4.78, 5) is 29.4. The molecule has 0 aliphatic rings. The number of aromatic nitrogens is 7. The number of hydrogen-bond donors (Lipinski definition) is 0. The first-order valence-corrected chi connectivity index (χ1v) is 19.2. The van der Waals surface area contributed by atoms with Crippen LogP contribution >= 0.6 is 11.3 Å². The van der Waals surface area contributed by atoms with Crippen molar-refractivity contribution in [1.29, 1.82) is 0 Å². The van der Waals surface area contributed by atoms with Gasteiger partial charge in [0.25, 0.3) is 0 Å². The summed E-state index contributed by atoms with van der Waals surface area (Å²) >= 11 is 1.80. The number of rotatable bonds is 0. The highest BCUT2D eigenvalue weighted by Crippen LogP contribution is 2.12. The van der Waals surface area contributed by atoms with E-state index in [2.05, 4.69) is 138 Å². The minimum absolute atomic E-state index is 0. The Hall–Kier alpha value is -5.47. The van der Waals surface area contributed by atoms with Crippen molar-refractivity contribution in [2.75, 3.05) is 0 Å². The van der Waals surface area contributed by atoms with Crippen molar-refractivity contribution in [2.45, 2.75) is 112 Å². The van der Waals surface area contributed by atoms with E-state index >= 15 is 0 Å². The summed E-state index contributed by atoms with van der Waals surface area (Å²) in [5.74, 6) is 0. The Labute approximate surface area is 350 Å². The maximum Gasteiger partial charge on any atom is 0.115 e. The highest BCUT2D eigenvalue weighted by molar-refractivity contribution is 7.10. The van der Waals surface area contributed by atoms with E-state index in [1.54, 1.807) is 30.1 Å². The second kappa shape index (κ2) is 30.7. The third-order valence-electron chi connectivity index (χ3n) is 8.67. The third-order valence-corrected chi connectivity index (χ3v) is 9.62. The van der Waals surface area contributed by atoms with Crippen LogP contribution in [0, 0.1) is 96.9 Å². The lowest BCUT2D eigenvalue weighted by Crippen LogP contribution is -1.87. The number of pyridine rings is 3. The van der Waals surface area contributed by atoms with E-state index in [0.29, 0.717) is 0 Å². The number of hydrogen-bond acceptors (Lipinski definition) is 8. The van der Waals surface area contributed by atoms with Crippen LogP contribution in [0.4, 0.5) is 0 Å². The van der Waals surface area contributed by atoms with Crippen molar-refractivity contribution in [1.82, 2.24) is 34.9 Å². The minimum Gasteiger partial charge on any atom is -0.264 e. The molecule has 6 aromatic heterocycles. The Morgan fingerprint density at radius 2 is 0.754 bits per heavy atom. The van der Waals surface area contributed by atoms with Gasteiger partial charge in [0.05, 0.1) is 11.4 Å². The molecule has 0 radical (unpaired) electrons. The van der Waals surface area contributed by atoms with Gasteiger partial charge in [-0.05, 0) is 171 Å². The molecule has 0 bridgehead atoms. The molecule has 7 aromatic rings. The smallest absolute Gasteiger partial charge is 0.115 e. The Balaban J connectivity index is 0. The van der Waals surface area contributed by atoms with Crippen LogP contribution in [0.1, 0.15) is 92.7 Å². The van der Waals surface area contributed by atoms with Gasteiger partial charge in [-0.3, -0.25) is 24.9 Å². The predicted molar refractivity (Wildman–Crippen MR) is 247 cm³/mol. The number of benzene rings is 1. The van der Waals surface area contributed by atoms with Gasteiger partial charge >= 0.3 is 0 Å².